The summed E-state index contributed by atoms with van der Waals surface area (Å²) in [6, 6.07) is 9.62. The number of rotatable bonds is 4. The van der Waals surface area contributed by atoms with Gasteiger partial charge in [0.1, 0.15) is 0 Å². The third-order valence-corrected chi connectivity index (χ3v) is 3.07. The number of anilines is 2. The average molecular weight is 281 g/mol. The minimum absolute atomic E-state index is 0.173. The zero-order valence-electron chi connectivity index (χ0n) is 11.7. The van der Waals surface area contributed by atoms with Crippen LogP contribution in [-0.2, 0) is 6.54 Å². The van der Waals surface area contributed by atoms with Gasteiger partial charge in [-0.2, -0.15) is 4.98 Å². The van der Waals surface area contributed by atoms with Crippen molar-refractivity contribution < 1.29 is 0 Å². The summed E-state index contributed by atoms with van der Waals surface area (Å²) >= 11 is 0. The van der Waals surface area contributed by atoms with Gasteiger partial charge >= 0.3 is 0 Å². The summed E-state index contributed by atoms with van der Waals surface area (Å²) < 4.78 is 1.60. The van der Waals surface area contributed by atoms with E-state index in [-0.39, 0.29) is 5.56 Å². The number of nitrogens with zero attached hydrogens (tertiary/aromatic N) is 4. The van der Waals surface area contributed by atoms with E-state index < -0.39 is 0 Å². The van der Waals surface area contributed by atoms with E-state index >= 15 is 0 Å². The molecule has 1 aromatic carbocycles. The van der Waals surface area contributed by atoms with Crippen LogP contribution in [0.1, 0.15) is 13.3 Å². The van der Waals surface area contributed by atoms with E-state index in [0.29, 0.717) is 23.7 Å². The Balaban J connectivity index is 2.15. The molecule has 2 heterocycles. The monoisotopic (exact) mass is 281 g/mol. The predicted octanol–water partition coefficient (Wildman–Crippen LogP) is 2.34. The van der Waals surface area contributed by atoms with Crippen LogP contribution in [0.5, 0.6) is 0 Å². The van der Waals surface area contributed by atoms with E-state index in [1.165, 1.54) is 12.4 Å². The highest BCUT2D eigenvalue weighted by Gasteiger charge is 2.12. The Morgan fingerprint density at radius 2 is 1.90 bits per heavy atom. The van der Waals surface area contributed by atoms with Gasteiger partial charge in [0.15, 0.2) is 11.2 Å². The standard InChI is InChI=1S/C15H15N5O/c1-2-10-20-14(21)12-13(17-9-8-16-12)19-15(20)18-11-6-4-3-5-7-11/h3-9H,2,10H2,1H3,(H,17,18,19). The van der Waals surface area contributed by atoms with Crippen molar-refractivity contribution in [2.45, 2.75) is 19.9 Å². The molecule has 21 heavy (non-hydrogen) atoms. The van der Waals surface area contributed by atoms with Crippen molar-refractivity contribution in [3.05, 3.63) is 53.1 Å². The van der Waals surface area contributed by atoms with Crippen molar-refractivity contribution in [3.8, 4) is 0 Å². The van der Waals surface area contributed by atoms with Crippen LogP contribution in [0.15, 0.2) is 47.5 Å². The number of fused-ring (bicyclic) bond motifs is 1. The van der Waals surface area contributed by atoms with E-state index in [1.54, 1.807) is 4.57 Å². The Labute approximate surface area is 121 Å². The number of hydrogen-bond acceptors (Lipinski definition) is 5. The summed E-state index contributed by atoms with van der Waals surface area (Å²) in [6.45, 7) is 2.59. The quantitative estimate of drug-likeness (QED) is 0.794. The second kappa shape index (κ2) is 5.70. The van der Waals surface area contributed by atoms with Gasteiger partial charge in [0.05, 0.1) is 0 Å². The van der Waals surface area contributed by atoms with E-state index in [4.69, 9.17) is 0 Å². The lowest BCUT2D eigenvalue weighted by atomic mass is 10.3. The topological polar surface area (TPSA) is 72.7 Å². The molecular weight excluding hydrogens is 266 g/mol. The lowest BCUT2D eigenvalue weighted by Gasteiger charge is -2.13. The highest BCUT2D eigenvalue weighted by atomic mass is 16.1. The van der Waals surface area contributed by atoms with Crippen LogP contribution in [0.4, 0.5) is 11.6 Å². The first kappa shape index (κ1) is 13.2. The Kier molecular flexibility index (Phi) is 3.59. The number of para-hydroxylation sites is 1. The average Bonchev–Trinajstić information content (AvgIpc) is 2.52. The lowest BCUT2D eigenvalue weighted by molar-refractivity contribution is 0.655. The van der Waals surface area contributed by atoms with Gasteiger partial charge in [-0.1, -0.05) is 25.1 Å². The summed E-state index contributed by atoms with van der Waals surface area (Å²) in [5.41, 5.74) is 1.35. The van der Waals surface area contributed by atoms with Crippen molar-refractivity contribution in [2.75, 3.05) is 5.32 Å². The maximum Gasteiger partial charge on any atom is 0.283 e. The van der Waals surface area contributed by atoms with Gasteiger partial charge in [0.25, 0.3) is 5.56 Å². The molecule has 6 nitrogen and oxygen atoms in total. The SMILES string of the molecule is CCCn1c(Nc2ccccc2)nc2nccnc2c1=O. The third kappa shape index (κ3) is 2.60. The number of benzene rings is 1. The molecule has 6 heteroatoms. The molecular formula is C15H15N5O. The van der Waals surface area contributed by atoms with Gasteiger partial charge in [-0.15, -0.1) is 0 Å². The summed E-state index contributed by atoms with van der Waals surface area (Å²) in [7, 11) is 0. The number of nitrogens with one attached hydrogen (secondary N) is 1. The number of aromatic nitrogens is 4. The molecule has 0 spiro atoms. The van der Waals surface area contributed by atoms with Crippen LogP contribution < -0.4 is 10.9 Å². The van der Waals surface area contributed by atoms with Gasteiger partial charge in [0.2, 0.25) is 5.95 Å². The summed E-state index contributed by atoms with van der Waals surface area (Å²) in [4.78, 5) is 25.1. The highest BCUT2D eigenvalue weighted by Crippen LogP contribution is 2.14. The first-order chi connectivity index (χ1) is 10.3. The molecule has 0 aliphatic rings. The maximum absolute atomic E-state index is 12.5. The molecule has 1 N–H and O–H groups in total. The molecule has 0 aliphatic heterocycles. The van der Waals surface area contributed by atoms with E-state index in [9.17, 15) is 4.79 Å². The first-order valence-corrected chi connectivity index (χ1v) is 6.83. The van der Waals surface area contributed by atoms with Gasteiger partial charge in [-0.05, 0) is 18.6 Å². The fourth-order valence-electron chi connectivity index (χ4n) is 2.13. The van der Waals surface area contributed by atoms with Crippen LogP contribution in [0.2, 0.25) is 0 Å². The third-order valence-electron chi connectivity index (χ3n) is 3.07. The van der Waals surface area contributed by atoms with Crippen molar-refractivity contribution in [1.82, 2.24) is 19.5 Å². The molecule has 106 valence electrons. The van der Waals surface area contributed by atoms with Crippen molar-refractivity contribution >= 4 is 22.8 Å². The van der Waals surface area contributed by atoms with Gasteiger partial charge in [0, 0.05) is 24.6 Å². The van der Waals surface area contributed by atoms with E-state index in [2.05, 4.69) is 20.3 Å². The minimum Gasteiger partial charge on any atom is -0.325 e. The van der Waals surface area contributed by atoms with Crippen LogP contribution >= 0.6 is 0 Å². The molecule has 0 aliphatic carbocycles. The summed E-state index contributed by atoms with van der Waals surface area (Å²) in [5.74, 6) is 0.487. The molecule has 0 unspecified atom stereocenters. The number of hydrogen-bond donors (Lipinski definition) is 1. The van der Waals surface area contributed by atoms with Gasteiger partial charge in [-0.3, -0.25) is 9.36 Å². The van der Waals surface area contributed by atoms with E-state index in [0.717, 1.165) is 12.1 Å². The minimum atomic E-state index is -0.173. The molecule has 0 amide bonds. The molecule has 0 bridgehead atoms. The Hall–Kier alpha value is -2.76. The largest absolute Gasteiger partial charge is 0.325 e. The highest BCUT2D eigenvalue weighted by molar-refractivity contribution is 5.70. The molecule has 0 atom stereocenters. The summed E-state index contributed by atoms with van der Waals surface area (Å²) in [5, 5.41) is 3.17. The molecule has 0 fully saturated rings. The Bertz CT molecular complexity index is 813. The van der Waals surface area contributed by atoms with Gasteiger partial charge < -0.3 is 5.32 Å². The van der Waals surface area contributed by atoms with Crippen molar-refractivity contribution in [1.29, 1.82) is 0 Å². The van der Waals surface area contributed by atoms with E-state index in [1.807, 2.05) is 37.3 Å². The molecule has 2 aromatic heterocycles. The second-order valence-electron chi connectivity index (χ2n) is 4.61. The zero-order chi connectivity index (χ0) is 14.7. The Morgan fingerprint density at radius 1 is 1.14 bits per heavy atom. The summed E-state index contributed by atoms with van der Waals surface area (Å²) in [6.07, 6.45) is 3.87. The van der Waals surface area contributed by atoms with Gasteiger partial charge in [-0.25, -0.2) is 9.97 Å². The molecule has 0 saturated heterocycles. The molecule has 3 aromatic rings. The van der Waals surface area contributed by atoms with Crippen LogP contribution in [0, 0.1) is 0 Å². The van der Waals surface area contributed by atoms with Crippen LogP contribution in [-0.4, -0.2) is 19.5 Å². The molecule has 0 radical (unpaired) electrons. The fraction of sp³-hybridized carbons (Fsp3) is 0.200. The molecule has 3 rings (SSSR count). The van der Waals surface area contributed by atoms with Crippen LogP contribution in [0.3, 0.4) is 0 Å². The predicted molar refractivity (Wildman–Crippen MR) is 81.6 cm³/mol. The van der Waals surface area contributed by atoms with Crippen molar-refractivity contribution in [3.63, 3.8) is 0 Å². The first-order valence-electron chi connectivity index (χ1n) is 6.83. The smallest absolute Gasteiger partial charge is 0.283 e. The van der Waals surface area contributed by atoms with Crippen LogP contribution in [0.25, 0.3) is 11.2 Å². The van der Waals surface area contributed by atoms with Crippen molar-refractivity contribution in [2.24, 2.45) is 0 Å². The zero-order valence-corrected chi connectivity index (χ0v) is 11.7. The maximum atomic E-state index is 12.5. The fourth-order valence-corrected chi connectivity index (χ4v) is 2.13. The normalized spacial score (nSPS) is 10.7. The molecule has 0 saturated carbocycles. The lowest BCUT2D eigenvalue weighted by Crippen LogP contribution is -2.25. The second-order valence-corrected chi connectivity index (χ2v) is 4.61. The Morgan fingerprint density at radius 3 is 2.67 bits per heavy atom.